The Bertz CT molecular complexity index is 2100. The van der Waals surface area contributed by atoms with Gasteiger partial charge in [-0.05, 0) is 37.5 Å². The van der Waals surface area contributed by atoms with Crippen molar-refractivity contribution in [1.29, 1.82) is 0 Å². The first kappa shape index (κ1) is 108. The summed E-state index contributed by atoms with van der Waals surface area (Å²) in [4.78, 5) is 73.4. The highest BCUT2D eigenvalue weighted by molar-refractivity contribution is 7.47. The highest BCUT2D eigenvalue weighted by Gasteiger charge is 2.31. The molecule has 110 heavy (non-hydrogen) atoms. The highest BCUT2D eigenvalue weighted by atomic mass is 31.2. The first-order chi connectivity index (χ1) is 53.4. The number of ether oxygens (including phenoxy) is 4. The molecule has 0 saturated heterocycles. The Labute approximate surface area is 677 Å². The first-order valence-electron chi connectivity index (χ1n) is 47.0. The fourth-order valence-corrected chi connectivity index (χ4v) is 15.9. The van der Waals surface area contributed by atoms with Crippen molar-refractivity contribution >= 4 is 39.5 Å². The minimum atomic E-state index is -4.97. The van der Waals surface area contributed by atoms with Crippen LogP contribution in [0.3, 0.4) is 0 Å². The third-order valence-electron chi connectivity index (χ3n) is 21.5. The van der Waals surface area contributed by atoms with Crippen LogP contribution >= 0.6 is 15.6 Å². The van der Waals surface area contributed by atoms with Gasteiger partial charge in [0, 0.05) is 25.7 Å². The number of phosphoric ester groups is 2. The lowest BCUT2D eigenvalue weighted by molar-refractivity contribution is -0.161. The van der Waals surface area contributed by atoms with E-state index in [2.05, 4.69) is 41.5 Å². The van der Waals surface area contributed by atoms with Crippen molar-refractivity contribution in [3.05, 3.63) is 0 Å². The Morgan fingerprint density at radius 2 is 0.418 bits per heavy atom. The number of aliphatic hydroxyl groups excluding tert-OH is 1. The molecule has 3 N–H and O–H groups in total. The number of carbonyl (C=O) groups is 4. The number of carbonyl (C=O) groups excluding carboxylic acids is 4. The summed E-state index contributed by atoms with van der Waals surface area (Å²) in [5.41, 5.74) is 0. The second-order valence-corrected chi connectivity index (χ2v) is 36.6. The van der Waals surface area contributed by atoms with Crippen LogP contribution in [0.5, 0.6) is 0 Å². The average molecular weight is 1610 g/mol. The predicted molar refractivity (Wildman–Crippen MR) is 455 cm³/mol. The fourth-order valence-electron chi connectivity index (χ4n) is 14.3. The molecule has 2 unspecified atom stereocenters. The van der Waals surface area contributed by atoms with Crippen molar-refractivity contribution in [2.24, 2.45) is 11.8 Å². The molecule has 0 aliphatic rings. The van der Waals surface area contributed by atoms with Crippen LogP contribution in [-0.4, -0.2) is 96.7 Å². The molecule has 5 atom stereocenters. The lowest BCUT2D eigenvalue weighted by Gasteiger charge is -2.21. The second kappa shape index (κ2) is 82.2. The van der Waals surface area contributed by atoms with Crippen LogP contribution < -0.4 is 0 Å². The van der Waals surface area contributed by atoms with E-state index in [-0.39, 0.29) is 25.7 Å². The predicted octanol–water partition coefficient (Wildman–Crippen LogP) is 28.2. The Kier molecular flexibility index (Phi) is 80.7. The molecule has 0 radical (unpaired) electrons. The van der Waals surface area contributed by atoms with E-state index in [4.69, 9.17) is 37.0 Å². The maximum atomic E-state index is 13.2. The van der Waals surface area contributed by atoms with Gasteiger partial charge >= 0.3 is 39.5 Å². The Morgan fingerprint density at radius 3 is 0.618 bits per heavy atom. The Balaban J connectivity index is 5.25. The molecule has 0 heterocycles. The summed E-state index contributed by atoms with van der Waals surface area (Å²) in [6, 6.07) is 0. The van der Waals surface area contributed by atoms with E-state index in [1.165, 1.54) is 308 Å². The monoisotopic (exact) mass is 1610 g/mol. The molecule has 0 aromatic rings. The molecule has 19 heteroatoms. The third kappa shape index (κ3) is 84.0. The zero-order valence-corrected chi connectivity index (χ0v) is 74.4. The molecule has 0 amide bonds. The normalized spacial score (nSPS) is 13.7. The molecule has 0 rings (SSSR count). The Hall–Kier alpha value is -1.94. The smallest absolute Gasteiger partial charge is 0.462 e. The van der Waals surface area contributed by atoms with Gasteiger partial charge in [-0.1, -0.05) is 440 Å². The van der Waals surface area contributed by atoms with Crippen LogP contribution in [0, 0.1) is 11.8 Å². The summed E-state index contributed by atoms with van der Waals surface area (Å²) in [6.07, 6.45) is 76.5. The van der Waals surface area contributed by atoms with Crippen LogP contribution in [0.2, 0.25) is 0 Å². The molecule has 0 aliphatic heterocycles. The summed E-state index contributed by atoms with van der Waals surface area (Å²) in [5, 5.41) is 10.7. The largest absolute Gasteiger partial charge is 0.472 e. The van der Waals surface area contributed by atoms with Crippen LogP contribution in [0.25, 0.3) is 0 Å². The molecular weight excluding hydrogens is 1430 g/mol. The van der Waals surface area contributed by atoms with Crippen molar-refractivity contribution in [1.82, 2.24) is 0 Å². The van der Waals surface area contributed by atoms with Gasteiger partial charge in [-0.3, -0.25) is 37.3 Å². The summed E-state index contributed by atoms with van der Waals surface area (Å²) in [6.45, 7) is 9.70. The van der Waals surface area contributed by atoms with E-state index in [9.17, 15) is 43.2 Å². The molecule has 0 saturated carbocycles. The molecule has 0 bridgehead atoms. The van der Waals surface area contributed by atoms with Gasteiger partial charge < -0.3 is 33.8 Å². The minimum Gasteiger partial charge on any atom is -0.462 e. The van der Waals surface area contributed by atoms with Crippen molar-refractivity contribution in [3.63, 3.8) is 0 Å². The molecule has 0 spiro atoms. The Morgan fingerprint density at radius 1 is 0.245 bits per heavy atom. The summed E-state index contributed by atoms with van der Waals surface area (Å²) in [7, 11) is -9.94. The summed E-state index contributed by atoms with van der Waals surface area (Å²) in [5.74, 6) is -0.558. The molecule has 0 fully saturated rings. The van der Waals surface area contributed by atoms with Gasteiger partial charge in [0.1, 0.15) is 19.3 Å². The van der Waals surface area contributed by atoms with Gasteiger partial charge in [0.2, 0.25) is 0 Å². The number of esters is 4. The van der Waals surface area contributed by atoms with Gasteiger partial charge in [0.15, 0.2) is 12.2 Å². The number of hydrogen-bond donors (Lipinski definition) is 3. The number of rotatable bonds is 90. The summed E-state index contributed by atoms with van der Waals surface area (Å²) >= 11 is 0. The molecule has 0 aliphatic carbocycles. The third-order valence-corrected chi connectivity index (χ3v) is 23.4. The van der Waals surface area contributed by atoms with Gasteiger partial charge in [-0.25, -0.2) is 9.13 Å². The average Bonchev–Trinajstić information content (AvgIpc) is 0.898. The quantitative estimate of drug-likeness (QED) is 0.0222. The van der Waals surface area contributed by atoms with Crippen molar-refractivity contribution in [3.8, 4) is 0 Å². The highest BCUT2D eigenvalue weighted by Crippen LogP contribution is 2.45. The summed E-state index contributed by atoms with van der Waals surface area (Å²) < 4.78 is 69.1. The van der Waals surface area contributed by atoms with E-state index in [1.807, 2.05) is 0 Å². The van der Waals surface area contributed by atoms with E-state index in [1.54, 1.807) is 0 Å². The number of phosphoric acid groups is 2. The minimum absolute atomic E-state index is 0.108. The first-order valence-corrected chi connectivity index (χ1v) is 50.0. The maximum absolute atomic E-state index is 13.2. The van der Waals surface area contributed by atoms with Crippen LogP contribution in [0.1, 0.15) is 491 Å². The van der Waals surface area contributed by atoms with Gasteiger partial charge in [-0.2, -0.15) is 0 Å². The molecule has 17 nitrogen and oxygen atoms in total. The number of aliphatic hydroxyl groups is 1. The van der Waals surface area contributed by atoms with Gasteiger partial charge in [0.25, 0.3) is 0 Å². The lowest BCUT2D eigenvalue weighted by Crippen LogP contribution is -2.30. The van der Waals surface area contributed by atoms with E-state index in [0.29, 0.717) is 25.7 Å². The van der Waals surface area contributed by atoms with Gasteiger partial charge in [0.05, 0.1) is 26.4 Å². The topological polar surface area (TPSA) is 237 Å². The lowest BCUT2D eigenvalue weighted by atomic mass is 10.0. The standard InChI is InChI=1S/C91H178O17P2/c1-7-9-11-13-15-17-19-21-23-25-27-29-31-33-35-40-44-50-57-63-69-75-90(95)107-86(79-101-88(93)73-67-61-55-49-43-39-34-32-30-28-26-24-22-20-18-16-14-12-10-8-2)81-105-109(97,98)103-77-85(92)78-104-110(99,100)106-82-87(80-102-89(94)74-68-62-56-52-46-48-54-60-66-72-84(5)6)108-91(96)76-70-64-58-51-45-41-37-36-38-42-47-53-59-65-71-83(3)4/h83-87,92H,7-82H2,1-6H3,(H,97,98)(H,99,100)/t85-,86-,87-/m1/s1. The van der Waals surface area contributed by atoms with Crippen molar-refractivity contribution < 1.29 is 80.2 Å². The molecule has 0 aromatic carbocycles. The SMILES string of the molecule is CCCCCCCCCCCCCCCCCCCCCCCC(=O)O[C@H](COC(=O)CCCCCCCCCCCCCCCCCCCCCC)COP(=O)(O)OC[C@@H](O)COP(=O)(O)OC[C@@H](COC(=O)CCCCCCCCCCCC(C)C)OC(=O)CCCCCCCCCCCCCCCCC(C)C. The fraction of sp³-hybridized carbons (Fsp3) is 0.956. The van der Waals surface area contributed by atoms with E-state index >= 15 is 0 Å². The van der Waals surface area contributed by atoms with Crippen molar-refractivity contribution in [2.45, 2.75) is 509 Å². The van der Waals surface area contributed by atoms with E-state index in [0.717, 1.165) is 102 Å². The van der Waals surface area contributed by atoms with Crippen LogP contribution in [0.4, 0.5) is 0 Å². The molecule has 654 valence electrons. The number of hydrogen-bond acceptors (Lipinski definition) is 15. The molecular formula is C91H178O17P2. The zero-order valence-electron chi connectivity index (χ0n) is 72.6. The maximum Gasteiger partial charge on any atom is 0.472 e. The van der Waals surface area contributed by atoms with Crippen molar-refractivity contribution in [2.75, 3.05) is 39.6 Å². The number of unbranched alkanes of at least 4 members (excludes halogenated alkanes) is 60. The second-order valence-electron chi connectivity index (χ2n) is 33.6. The zero-order chi connectivity index (χ0) is 80.6. The molecule has 0 aromatic heterocycles. The van der Waals surface area contributed by atoms with Crippen LogP contribution in [0.15, 0.2) is 0 Å². The van der Waals surface area contributed by atoms with Gasteiger partial charge in [-0.15, -0.1) is 0 Å². The van der Waals surface area contributed by atoms with Crippen LogP contribution in [-0.2, 0) is 65.4 Å². The van der Waals surface area contributed by atoms with E-state index < -0.39 is 97.5 Å².